The van der Waals surface area contributed by atoms with Gasteiger partial charge in [-0.3, -0.25) is 19.9 Å². The van der Waals surface area contributed by atoms with Gasteiger partial charge in [-0.2, -0.15) is 5.10 Å². The molecule has 3 rings (SSSR count). The van der Waals surface area contributed by atoms with E-state index in [2.05, 4.69) is 15.5 Å². The van der Waals surface area contributed by atoms with Crippen molar-refractivity contribution in [2.45, 2.75) is 36.0 Å². The van der Waals surface area contributed by atoms with Crippen LogP contribution in [-0.4, -0.2) is 22.0 Å². The molecule has 29 heavy (non-hydrogen) atoms. The van der Waals surface area contributed by atoms with Gasteiger partial charge in [-0.15, -0.1) is 0 Å². The third-order valence-electron chi connectivity index (χ3n) is 4.17. The predicted molar refractivity (Wildman–Crippen MR) is 114 cm³/mol. The van der Waals surface area contributed by atoms with Crippen LogP contribution in [0.4, 0.5) is 5.69 Å². The molecule has 0 radical (unpaired) electrons. The fourth-order valence-electron chi connectivity index (χ4n) is 2.70. The van der Waals surface area contributed by atoms with Crippen LogP contribution in [0.2, 0.25) is 0 Å². The molecule has 1 N–H and O–H groups in total. The molecular weight excluding hydrogens is 388 g/mol. The Balaban J connectivity index is 1.81. The first kappa shape index (κ1) is 20.5. The van der Waals surface area contributed by atoms with Crippen molar-refractivity contribution >= 4 is 40.5 Å². The fourth-order valence-corrected chi connectivity index (χ4v) is 3.74. The highest BCUT2D eigenvalue weighted by Crippen LogP contribution is 2.38. The van der Waals surface area contributed by atoms with Crippen LogP contribution in [0.1, 0.15) is 31.7 Å². The van der Waals surface area contributed by atoms with Gasteiger partial charge in [0, 0.05) is 34.5 Å². The maximum atomic E-state index is 11.6. The third-order valence-corrected chi connectivity index (χ3v) is 5.31. The van der Waals surface area contributed by atoms with Gasteiger partial charge in [0.25, 0.3) is 5.69 Å². The number of nitrogens with zero attached hydrogens (tertiary/aromatic N) is 3. The van der Waals surface area contributed by atoms with Crippen molar-refractivity contribution < 1.29 is 9.72 Å². The summed E-state index contributed by atoms with van der Waals surface area (Å²) in [6.07, 6.45) is 5.25. The predicted octanol–water partition coefficient (Wildman–Crippen LogP) is 4.93. The van der Waals surface area contributed by atoms with E-state index >= 15 is 0 Å². The number of nitro groups is 1. The van der Waals surface area contributed by atoms with Crippen molar-refractivity contribution in [2.75, 3.05) is 0 Å². The molecule has 1 amide bonds. The zero-order valence-corrected chi connectivity index (χ0v) is 16.7. The Hall–Kier alpha value is -3.26. The number of nitrogens with one attached hydrogen (secondary N) is 1. The minimum atomic E-state index is -0.414. The summed E-state index contributed by atoms with van der Waals surface area (Å²) >= 11 is 1.32. The van der Waals surface area contributed by atoms with Gasteiger partial charge in [0.15, 0.2) is 0 Å². The Bertz CT molecular complexity index is 1060. The molecule has 0 bridgehead atoms. The molecule has 2 aromatic carbocycles. The maximum absolute atomic E-state index is 11.6. The largest absolute Gasteiger partial charge is 0.283 e. The normalized spacial score (nSPS) is 11.1. The maximum Gasteiger partial charge on any atom is 0.283 e. The molecule has 1 aromatic heterocycles. The van der Waals surface area contributed by atoms with E-state index in [4.69, 9.17) is 0 Å². The molecule has 0 unspecified atom stereocenters. The highest BCUT2D eigenvalue weighted by atomic mass is 32.2. The van der Waals surface area contributed by atoms with Crippen molar-refractivity contribution in [2.24, 2.45) is 5.10 Å². The monoisotopic (exact) mass is 408 g/mol. The van der Waals surface area contributed by atoms with E-state index in [0.29, 0.717) is 16.9 Å². The molecule has 0 saturated carbocycles. The second-order valence-corrected chi connectivity index (χ2v) is 7.39. The Morgan fingerprint density at radius 2 is 2.10 bits per heavy atom. The molecular formula is C21H20N4O3S. The molecule has 0 spiro atoms. The smallest absolute Gasteiger partial charge is 0.273 e. The number of fused-ring (bicyclic) bond motifs is 1. The van der Waals surface area contributed by atoms with E-state index in [1.165, 1.54) is 24.0 Å². The lowest BCUT2D eigenvalue weighted by Crippen LogP contribution is -2.16. The molecule has 148 valence electrons. The molecule has 0 aliphatic rings. The van der Waals surface area contributed by atoms with Gasteiger partial charge in [0.2, 0.25) is 5.91 Å². The first-order valence-corrected chi connectivity index (χ1v) is 10.0. The summed E-state index contributed by atoms with van der Waals surface area (Å²) in [6.45, 7) is 2.00. The molecule has 7 nitrogen and oxygen atoms in total. The van der Waals surface area contributed by atoms with Crippen LogP contribution in [0.3, 0.4) is 0 Å². The van der Waals surface area contributed by atoms with Gasteiger partial charge in [-0.1, -0.05) is 43.3 Å². The lowest BCUT2D eigenvalue weighted by atomic mass is 10.2. The summed E-state index contributed by atoms with van der Waals surface area (Å²) in [5.41, 5.74) is 3.80. The molecule has 0 aliphatic heterocycles. The molecule has 1 heterocycles. The van der Waals surface area contributed by atoms with Crippen LogP contribution < -0.4 is 5.43 Å². The number of aromatic nitrogens is 1. The molecule has 3 aromatic rings. The van der Waals surface area contributed by atoms with E-state index in [1.807, 2.05) is 37.3 Å². The molecule has 0 aliphatic carbocycles. The van der Waals surface area contributed by atoms with Crippen LogP contribution in [0, 0.1) is 10.1 Å². The second-order valence-electron chi connectivity index (χ2n) is 6.31. The van der Waals surface area contributed by atoms with Crippen molar-refractivity contribution in [3.63, 3.8) is 0 Å². The number of hydrogen-bond donors (Lipinski definition) is 1. The molecule has 0 fully saturated rings. The fraction of sp³-hybridized carbons (Fsp3) is 0.190. The Kier molecular flexibility index (Phi) is 6.91. The average Bonchev–Trinajstić information content (AvgIpc) is 2.73. The topological polar surface area (TPSA) is 97.5 Å². The number of rotatable bonds is 8. The minimum Gasteiger partial charge on any atom is -0.273 e. The summed E-state index contributed by atoms with van der Waals surface area (Å²) in [6, 6.07) is 14.4. The SMILES string of the molecule is CCCCC(=O)NN=Cc1ccc(Sc2cccc3ncccc23)c([N+](=O)[O-])c1. The van der Waals surface area contributed by atoms with Crippen molar-refractivity contribution in [1.29, 1.82) is 0 Å². The number of hydrogen-bond acceptors (Lipinski definition) is 6. The van der Waals surface area contributed by atoms with Crippen molar-refractivity contribution in [3.05, 3.63) is 70.4 Å². The number of amides is 1. The van der Waals surface area contributed by atoms with Crippen LogP contribution >= 0.6 is 11.8 Å². The average molecular weight is 408 g/mol. The van der Waals surface area contributed by atoms with Crippen molar-refractivity contribution in [1.82, 2.24) is 10.4 Å². The van der Waals surface area contributed by atoms with Crippen LogP contribution in [-0.2, 0) is 4.79 Å². The first-order chi connectivity index (χ1) is 14.1. The number of unbranched alkanes of at least 4 members (excludes halogenated alkanes) is 1. The summed E-state index contributed by atoms with van der Waals surface area (Å²) in [7, 11) is 0. The van der Waals surface area contributed by atoms with E-state index in [0.717, 1.165) is 28.6 Å². The lowest BCUT2D eigenvalue weighted by molar-refractivity contribution is -0.387. The van der Waals surface area contributed by atoms with Gasteiger partial charge >= 0.3 is 0 Å². The number of nitro benzene ring substituents is 1. The van der Waals surface area contributed by atoms with Gasteiger partial charge in [0.05, 0.1) is 21.6 Å². The summed E-state index contributed by atoms with van der Waals surface area (Å²) in [5, 5.41) is 16.4. The standard InChI is InChI=1S/C21H20N4O3S/c1-2-3-9-21(26)24-23-14-15-10-11-20(18(13-15)25(27)28)29-19-8-4-7-17-16(19)6-5-12-22-17/h4-8,10-14H,2-3,9H2,1H3,(H,24,26). The quantitative estimate of drug-likeness (QED) is 0.324. The van der Waals surface area contributed by atoms with Crippen LogP contribution in [0.5, 0.6) is 0 Å². The van der Waals surface area contributed by atoms with Gasteiger partial charge in [-0.25, -0.2) is 5.43 Å². The van der Waals surface area contributed by atoms with Crippen molar-refractivity contribution in [3.8, 4) is 0 Å². The third kappa shape index (κ3) is 5.39. The Labute approximate surface area is 172 Å². The van der Waals surface area contributed by atoms with Gasteiger partial charge in [0.1, 0.15) is 0 Å². The van der Waals surface area contributed by atoms with Crippen LogP contribution in [0.25, 0.3) is 10.9 Å². The minimum absolute atomic E-state index is 0.0165. The zero-order valence-electron chi connectivity index (χ0n) is 15.9. The summed E-state index contributed by atoms with van der Waals surface area (Å²) in [5.74, 6) is -0.172. The highest BCUT2D eigenvalue weighted by molar-refractivity contribution is 7.99. The highest BCUT2D eigenvalue weighted by Gasteiger charge is 2.16. The first-order valence-electron chi connectivity index (χ1n) is 9.20. The van der Waals surface area contributed by atoms with E-state index in [1.54, 1.807) is 18.3 Å². The van der Waals surface area contributed by atoms with Gasteiger partial charge < -0.3 is 0 Å². The molecule has 8 heteroatoms. The number of pyridine rings is 1. The number of hydrazone groups is 1. The number of carbonyl (C=O) groups excluding carboxylic acids is 1. The second kappa shape index (κ2) is 9.79. The Morgan fingerprint density at radius 3 is 2.90 bits per heavy atom. The molecule has 0 saturated heterocycles. The summed E-state index contributed by atoms with van der Waals surface area (Å²) in [4.78, 5) is 28.5. The Morgan fingerprint density at radius 1 is 1.24 bits per heavy atom. The van der Waals surface area contributed by atoms with E-state index in [-0.39, 0.29) is 11.6 Å². The van der Waals surface area contributed by atoms with Crippen LogP contribution in [0.15, 0.2) is 69.6 Å². The summed E-state index contributed by atoms with van der Waals surface area (Å²) < 4.78 is 0. The van der Waals surface area contributed by atoms with E-state index in [9.17, 15) is 14.9 Å². The lowest BCUT2D eigenvalue weighted by Gasteiger charge is -2.07. The number of benzene rings is 2. The number of carbonyl (C=O) groups is 1. The zero-order chi connectivity index (χ0) is 20.6. The van der Waals surface area contributed by atoms with Gasteiger partial charge in [-0.05, 0) is 30.7 Å². The van der Waals surface area contributed by atoms with E-state index < -0.39 is 4.92 Å². The molecule has 0 atom stereocenters.